The van der Waals surface area contributed by atoms with Crippen molar-refractivity contribution < 1.29 is 27.5 Å². The van der Waals surface area contributed by atoms with Gasteiger partial charge in [0.15, 0.2) is 0 Å². The van der Waals surface area contributed by atoms with Crippen LogP contribution < -0.4 is 5.32 Å². The van der Waals surface area contributed by atoms with E-state index in [2.05, 4.69) is 5.32 Å². The van der Waals surface area contributed by atoms with Gasteiger partial charge in [-0.05, 0) is 19.1 Å². The van der Waals surface area contributed by atoms with Gasteiger partial charge in [0.25, 0.3) is 0 Å². The lowest BCUT2D eigenvalue weighted by atomic mass is 10.3. The summed E-state index contributed by atoms with van der Waals surface area (Å²) in [6, 6.07) is 1.87. The predicted octanol–water partition coefficient (Wildman–Crippen LogP) is 1.08. The molecule has 1 rings (SSSR count). The number of halogens is 2. The van der Waals surface area contributed by atoms with Gasteiger partial charge in [-0.25, -0.2) is 12.8 Å². The van der Waals surface area contributed by atoms with E-state index in [1.807, 2.05) is 0 Å². The van der Waals surface area contributed by atoms with E-state index in [0.717, 1.165) is 13.0 Å². The van der Waals surface area contributed by atoms with Crippen LogP contribution in [0, 0.1) is 5.82 Å². The topological polar surface area (TPSA) is 104 Å². The molecule has 1 atom stereocenters. The Hall–Kier alpha value is -1.71. The van der Waals surface area contributed by atoms with Crippen molar-refractivity contribution in [3.8, 4) is 0 Å². The number of carbonyl (C=O) groups excluding carboxylic acids is 1. The number of amides is 1. The molecule has 0 aliphatic rings. The fourth-order valence-corrected chi connectivity index (χ4v) is 3.99. The third kappa shape index (κ3) is 4.63. The molecular formula is C13H16ClFN2O5S. The Labute approximate surface area is 138 Å². The number of nitrogens with zero attached hydrogens (tertiary/aromatic N) is 1. The molecule has 0 saturated heterocycles. The Morgan fingerprint density at radius 2 is 2.04 bits per heavy atom. The maximum absolute atomic E-state index is 13.9. The summed E-state index contributed by atoms with van der Waals surface area (Å²) in [6.07, 6.45) is 0. The van der Waals surface area contributed by atoms with Crippen LogP contribution in [0.3, 0.4) is 0 Å². The predicted molar refractivity (Wildman–Crippen MR) is 81.1 cm³/mol. The summed E-state index contributed by atoms with van der Waals surface area (Å²) in [5, 5.41) is 11.1. The van der Waals surface area contributed by atoms with Crippen molar-refractivity contribution in [1.29, 1.82) is 0 Å². The number of nitrogens with one attached hydrogen (secondary N) is 1. The van der Waals surface area contributed by atoms with E-state index in [0.29, 0.717) is 4.31 Å². The third-order valence-corrected chi connectivity index (χ3v) is 5.46. The number of hydrogen-bond acceptors (Lipinski definition) is 4. The summed E-state index contributed by atoms with van der Waals surface area (Å²) >= 11 is 5.76. The van der Waals surface area contributed by atoms with Gasteiger partial charge in [0.1, 0.15) is 16.8 Å². The normalized spacial score (nSPS) is 12.9. The van der Waals surface area contributed by atoms with Gasteiger partial charge < -0.3 is 10.4 Å². The minimum atomic E-state index is -4.51. The molecule has 0 fully saturated rings. The van der Waals surface area contributed by atoms with Crippen LogP contribution in [0.4, 0.5) is 4.39 Å². The highest BCUT2D eigenvalue weighted by atomic mass is 35.5. The van der Waals surface area contributed by atoms with Gasteiger partial charge in [-0.2, -0.15) is 4.31 Å². The summed E-state index contributed by atoms with van der Waals surface area (Å²) in [5.41, 5.74) is 0. The van der Waals surface area contributed by atoms with Crippen molar-refractivity contribution in [2.24, 2.45) is 0 Å². The van der Waals surface area contributed by atoms with E-state index < -0.39 is 38.7 Å². The van der Waals surface area contributed by atoms with E-state index in [1.54, 1.807) is 0 Å². The second kappa shape index (κ2) is 7.71. The monoisotopic (exact) mass is 366 g/mol. The largest absolute Gasteiger partial charge is 0.480 e. The van der Waals surface area contributed by atoms with Crippen LogP contribution in [0.2, 0.25) is 5.02 Å². The summed E-state index contributed by atoms with van der Waals surface area (Å²) < 4.78 is 39.7. The van der Waals surface area contributed by atoms with Gasteiger partial charge >= 0.3 is 5.97 Å². The molecule has 0 radical (unpaired) electrons. The zero-order valence-electron chi connectivity index (χ0n) is 12.4. The number of carboxylic acid groups (broad SMARTS) is 1. The average molecular weight is 367 g/mol. The number of carbonyl (C=O) groups is 2. The van der Waals surface area contributed by atoms with Gasteiger partial charge in [0.2, 0.25) is 15.9 Å². The first-order chi connectivity index (χ1) is 10.6. The molecule has 10 heteroatoms. The lowest BCUT2D eigenvalue weighted by Crippen LogP contribution is -2.46. The molecule has 0 heterocycles. The SMILES string of the molecule is CC(=O)NCCN(C(C)C(=O)O)S(=O)(=O)c1c(F)cccc1Cl. The first-order valence-corrected chi connectivity index (χ1v) is 8.34. The summed E-state index contributed by atoms with van der Waals surface area (Å²) in [5.74, 6) is -2.90. The van der Waals surface area contributed by atoms with Crippen LogP contribution in [-0.2, 0) is 19.6 Å². The molecular weight excluding hydrogens is 351 g/mol. The molecule has 1 unspecified atom stereocenters. The smallest absolute Gasteiger partial charge is 0.321 e. The van der Waals surface area contributed by atoms with Crippen molar-refractivity contribution >= 4 is 33.5 Å². The lowest BCUT2D eigenvalue weighted by molar-refractivity contribution is -0.140. The van der Waals surface area contributed by atoms with E-state index in [9.17, 15) is 22.4 Å². The van der Waals surface area contributed by atoms with Gasteiger partial charge in [0, 0.05) is 20.0 Å². The van der Waals surface area contributed by atoms with Crippen molar-refractivity contribution in [3.05, 3.63) is 29.0 Å². The molecule has 1 amide bonds. The van der Waals surface area contributed by atoms with E-state index in [1.165, 1.54) is 19.1 Å². The standard InChI is InChI=1S/C13H16ClFN2O5S/c1-8(13(19)20)17(7-6-16-9(2)18)23(21,22)12-10(14)4-3-5-11(12)15/h3-5,8H,6-7H2,1-2H3,(H,16,18)(H,19,20). The minimum Gasteiger partial charge on any atom is -0.480 e. The number of rotatable bonds is 7. The van der Waals surface area contributed by atoms with Crippen molar-refractivity contribution in [3.63, 3.8) is 0 Å². The van der Waals surface area contributed by atoms with Crippen LogP contribution in [0.25, 0.3) is 0 Å². The van der Waals surface area contributed by atoms with E-state index in [-0.39, 0.29) is 18.1 Å². The maximum Gasteiger partial charge on any atom is 0.321 e. The summed E-state index contributed by atoms with van der Waals surface area (Å²) in [4.78, 5) is 21.3. The molecule has 128 valence electrons. The minimum absolute atomic E-state index is 0.127. The van der Waals surface area contributed by atoms with Crippen molar-refractivity contribution in [1.82, 2.24) is 9.62 Å². The second-order valence-electron chi connectivity index (χ2n) is 4.66. The highest BCUT2D eigenvalue weighted by molar-refractivity contribution is 7.89. The zero-order valence-corrected chi connectivity index (χ0v) is 14.0. The van der Waals surface area contributed by atoms with Crippen LogP contribution in [-0.4, -0.2) is 48.8 Å². The molecule has 1 aromatic rings. The van der Waals surface area contributed by atoms with Crippen LogP contribution >= 0.6 is 11.6 Å². The highest BCUT2D eigenvalue weighted by Gasteiger charge is 2.35. The summed E-state index contributed by atoms with van der Waals surface area (Å²) in [6.45, 7) is 1.90. The van der Waals surface area contributed by atoms with Gasteiger partial charge in [-0.1, -0.05) is 17.7 Å². The molecule has 0 aliphatic carbocycles. The zero-order chi connectivity index (χ0) is 17.8. The van der Waals surface area contributed by atoms with Crippen LogP contribution in [0.5, 0.6) is 0 Å². The van der Waals surface area contributed by atoms with Gasteiger partial charge in [-0.15, -0.1) is 0 Å². The molecule has 0 aromatic heterocycles. The highest BCUT2D eigenvalue weighted by Crippen LogP contribution is 2.28. The van der Waals surface area contributed by atoms with Crippen molar-refractivity contribution in [2.75, 3.05) is 13.1 Å². The fraction of sp³-hybridized carbons (Fsp3) is 0.385. The van der Waals surface area contributed by atoms with E-state index >= 15 is 0 Å². The number of sulfonamides is 1. The Bertz CT molecular complexity index is 690. The molecule has 1 aromatic carbocycles. The molecule has 0 bridgehead atoms. The number of hydrogen-bond donors (Lipinski definition) is 2. The van der Waals surface area contributed by atoms with Crippen LogP contribution in [0.1, 0.15) is 13.8 Å². The third-order valence-electron chi connectivity index (χ3n) is 2.98. The first-order valence-electron chi connectivity index (χ1n) is 6.52. The quantitative estimate of drug-likeness (QED) is 0.751. The molecule has 0 spiro atoms. The molecule has 7 nitrogen and oxygen atoms in total. The number of benzene rings is 1. The Balaban J connectivity index is 3.28. The first kappa shape index (κ1) is 19.3. The lowest BCUT2D eigenvalue weighted by Gasteiger charge is -2.26. The molecule has 0 aliphatic heterocycles. The number of aliphatic carboxylic acids is 1. The molecule has 0 saturated carbocycles. The summed E-state index contributed by atoms with van der Waals surface area (Å²) in [7, 11) is -4.51. The van der Waals surface area contributed by atoms with Gasteiger partial charge in [0.05, 0.1) is 5.02 Å². The Kier molecular flexibility index (Phi) is 6.48. The number of carboxylic acids is 1. The average Bonchev–Trinajstić information content (AvgIpc) is 2.41. The maximum atomic E-state index is 13.9. The molecule has 23 heavy (non-hydrogen) atoms. The fourth-order valence-electron chi connectivity index (χ4n) is 1.83. The molecule has 2 N–H and O–H groups in total. The Morgan fingerprint density at radius 3 is 2.52 bits per heavy atom. The second-order valence-corrected chi connectivity index (χ2v) is 6.90. The Morgan fingerprint density at radius 1 is 1.43 bits per heavy atom. The van der Waals surface area contributed by atoms with Crippen molar-refractivity contribution in [2.45, 2.75) is 24.8 Å². The van der Waals surface area contributed by atoms with Gasteiger partial charge in [-0.3, -0.25) is 9.59 Å². The van der Waals surface area contributed by atoms with Crippen LogP contribution in [0.15, 0.2) is 23.1 Å². The van der Waals surface area contributed by atoms with E-state index in [4.69, 9.17) is 16.7 Å².